The molecule has 2 atom stereocenters. The van der Waals surface area contributed by atoms with Crippen molar-refractivity contribution in [3.63, 3.8) is 0 Å². The van der Waals surface area contributed by atoms with Crippen LogP contribution in [0.1, 0.15) is 37.8 Å². The van der Waals surface area contributed by atoms with Gasteiger partial charge in [0, 0.05) is 17.0 Å². The largest absolute Gasteiger partial charge is 0.297 e. The lowest BCUT2D eigenvalue weighted by molar-refractivity contribution is 0.218. The maximum Gasteiger partial charge on any atom is 0.0386 e. The molecule has 0 N–H and O–H groups in total. The van der Waals surface area contributed by atoms with Crippen LogP contribution in [0.3, 0.4) is 0 Å². The van der Waals surface area contributed by atoms with Gasteiger partial charge in [-0.2, -0.15) is 0 Å². The number of hydrogen-bond donors (Lipinski definition) is 0. The number of rotatable bonds is 3. The molecule has 1 fully saturated rings. The molecule has 4 heteroatoms. The number of azide groups is 1. The SMILES string of the molecule is C[C@H](c1ccccc1)N1CCC[C@@H](N=[N+]=[N-])CC1. The van der Waals surface area contributed by atoms with Crippen molar-refractivity contribution in [2.75, 3.05) is 13.1 Å². The normalized spacial score (nSPS) is 22.8. The number of likely N-dealkylation sites (tertiary alicyclic amines) is 1. The van der Waals surface area contributed by atoms with Crippen molar-refractivity contribution < 1.29 is 0 Å². The van der Waals surface area contributed by atoms with Crippen LogP contribution >= 0.6 is 0 Å². The highest BCUT2D eigenvalue weighted by Crippen LogP contribution is 2.24. The average Bonchev–Trinajstić information content (AvgIpc) is 2.65. The fraction of sp³-hybridized carbons (Fsp3) is 0.571. The molecule has 0 saturated carbocycles. The molecule has 0 unspecified atom stereocenters. The van der Waals surface area contributed by atoms with Gasteiger partial charge in [-0.3, -0.25) is 4.90 Å². The molecule has 18 heavy (non-hydrogen) atoms. The Labute approximate surface area is 108 Å². The summed E-state index contributed by atoms with van der Waals surface area (Å²) in [7, 11) is 0. The number of nitrogens with zero attached hydrogens (tertiary/aromatic N) is 4. The molecule has 1 saturated heterocycles. The fourth-order valence-corrected chi connectivity index (χ4v) is 2.62. The third kappa shape index (κ3) is 3.25. The van der Waals surface area contributed by atoms with Crippen LogP contribution in [0.5, 0.6) is 0 Å². The van der Waals surface area contributed by atoms with Gasteiger partial charge in [0.15, 0.2) is 0 Å². The monoisotopic (exact) mass is 244 g/mol. The summed E-state index contributed by atoms with van der Waals surface area (Å²) in [6, 6.07) is 11.2. The molecule has 1 aliphatic heterocycles. The van der Waals surface area contributed by atoms with Crippen molar-refractivity contribution in [3.05, 3.63) is 46.3 Å². The van der Waals surface area contributed by atoms with Crippen LogP contribution in [-0.4, -0.2) is 24.0 Å². The van der Waals surface area contributed by atoms with Crippen LogP contribution in [-0.2, 0) is 0 Å². The second-order valence-electron chi connectivity index (χ2n) is 4.91. The minimum atomic E-state index is 0.183. The molecule has 4 nitrogen and oxygen atoms in total. The molecule has 0 bridgehead atoms. The van der Waals surface area contributed by atoms with Gasteiger partial charge in [0.25, 0.3) is 0 Å². The van der Waals surface area contributed by atoms with E-state index in [1.807, 2.05) is 0 Å². The Morgan fingerprint density at radius 3 is 2.78 bits per heavy atom. The minimum absolute atomic E-state index is 0.183. The predicted molar refractivity (Wildman–Crippen MR) is 73.2 cm³/mol. The summed E-state index contributed by atoms with van der Waals surface area (Å²) in [4.78, 5) is 5.42. The molecule has 1 aromatic carbocycles. The molecule has 0 amide bonds. The van der Waals surface area contributed by atoms with E-state index in [1.54, 1.807) is 0 Å². The van der Waals surface area contributed by atoms with Gasteiger partial charge in [0.05, 0.1) is 0 Å². The minimum Gasteiger partial charge on any atom is -0.297 e. The first-order valence-corrected chi connectivity index (χ1v) is 6.64. The zero-order chi connectivity index (χ0) is 12.8. The van der Waals surface area contributed by atoms with Crippen molar-refractivity contribution in [3.8, 4) is 0 Å². The molecule has 96 valence electrons. The van der Waals surface area contributed by atoms with E-state index in [4.69, 9.17) is 5.53 Å². The van der Waals surface area contributed by atoms with Crippen molar-refractivity contribution >= 4 is 0 Å². The maximum atomic E-state index is 8.51. The lowest BCUT2D eigenvalue weighted by atomic mass is 10.1. The van der Waals surface area contributed by atoms with Crippen LogP contribution in [0, 0.1) is 0 Å². The maximum absolute atomic E-state index is 8.51. The zero-order valence-electron chi connectivity index (χ0n) is 10.9. The Balaban J connectivity index is 1.99. The lowest BCUT2D eigenvalue weighted by Gasteiger charge is -2.28. The van der Waals surface area contributed by atoms with Gasteiger partial charge >= 0.3 is 0 Å². The Hall–Kier alpha value is -1.51. The molecule has 1 aromatic rings. The second-order valence-corrected chi connectivity index (χ2v) is 4.91. The van der Waals surface area contributed by atoms with Gasteiger partial charge in [0.1, 0.15) is 0 Å². The summed E-state index contributed by atoms with van der Waals surface area (Å²) >= 11 is 0. The predicted octanol–water partition coefficient (Wildman–Crippen LogP) is 3.91. The molecule has 2 rings (SSSR count). The van der Waals surface area contributed by atoms with E-state index < -0.39 is 0 Å². The fourth-order valence-electron chi connectivity index (χ4n) is 2.62. The van der Waals surface area contributed by atoms with Crippen LogP contribution in [0.2, 0.25) is 0 Å². The van der Waals surface area contributed by atoms with E-state index in [0.717, 1.165) is 32.4 Å². The van der Waals surface area contributed by atoms with E-state index in [1.165, 1.54) is 5.56 Å². The molecular formula is C14H20N4. The highest BCUT2D eigenvalue weighted by molar-refractivity contribution is 5.18. The molecule has 0 spiro atoms. The van der Waals surface area contributed by atoms with Crippen molar-refractivity contribution in [1.82, 2.24) is 4.90 Å². The first-order valence-electron chi connectivity index (χ1n) is 6.64. The summed E-state index contributed by atoms with van der Waals surface area (Å²) in [5.41, 5.74) is 9.87. The van der Waals surface area contributed by atoms with Crippen molar-refractivity contribution in [1.29, 1.82) is 0 Å². The summed E-state index contributed by atoms with van der Waals surface area (Å²) in [5.74, 6) is 0. The van der Waals surface area contributed by atoms with Crippen molar-refractivity contribution in [2.45, 2.75) is 38.3 Å². The third-order valence-electron chi connectivity index (χ3n) is 3.78. The second kappa shape index (κ2) is 6.43. The Morgan fingerprint density at radius 1 is 1.28 bits per heavy atom. The molecular weight excluding hydrogens is 224 g/mol. The Bertz CT molecular complexity index is 411. The highest BCUT2D eigenvalue weighted by Gasteiger charge is 2.20. The van der Waals surface area contributed by atoms with Crippen LogP contribution in [0.25, 0.3) is 10.4 Å². The smallest absolute Gasteiger partial charge is 0.0386 e. The van der Waals surface area contributed by atoms with Crippen molar-refractivity contribution in [2.24, 2.45) is 5.11 Å². The van der Waals surface area contributed by atoms with E-state index >= 15 is 0 Å². The average molecular weight is 244 g/mol. The van der Waals surface area contributed by atoms with E-state index in [-0.39, 0.29) is 6.04 Å². The van der Waals surface area contributed by atoms with Gasteiger partial charge in [-0.25, -0.2) is 0 Å². The van der Waals surface area contributed by atoms with Gasteiger partial charge in [-0.1, -0.05) is 35.4 Å². The number of hydrogen-bond acceptors (Lipinski definition) is 2. The van der Waals surface area contributed by atoms with E-state index in [0.29, 0.717) is 6.04 Å². The topological polar surface area (TPSA) is 52.0 Å². The van der Waals surface area contributed by atoms with Gasteiger partial charge in [-0.15, -0.1) is 0 Å². The summed E-state index contributed by atoms with van der Waals surface area (Å²) in [6.07, 6.45) is 3.10. The van der Waals surface area contributed by atoms with E-state index in [2.05, 4.69) is 52.2 Å². The molecule has 1 heterocycles. The quantitative estimate of drug-likeness (QED) is 0.452. The van der Waals surface area contributed by atoms with Crippen LogP contribution in [0.15, 0.2) is 35.4 Å². The van der Waals surface area contributed by atoms with Gasteiger partial charge in [-0.05, 0) is 50.4 Å². The van der Waals surface area contributed by atoms with Crippen LogP contribution in [0.4, 0.5) is 0 Å². The van der Waals surface area contributed by atoms with E-state index in [9.17, 15) is 0 Å². The van der Waals surface area contributed by atoms with Gasteiger partial charge in [0.2, 0.25) is 0 Å². The first-order chi connectivity index (χ1) is 8.81. The number of benzene rings is 1. The first kappa shape index (κ1) is 12.9. The van der Waals surface area contributed by atoms with Crippen LogP contribution < -0.4 is 0 Å². The Morgan fingerprint density at radius 2 is 2.06 bits per heavy atom. The van der Waals surface area contributed by atoms with Gasteiger partial charge < -0.3 is 0 Å². The molecule has 0 aliphatic carbocycles. The lowest BCUT2D eigenvalue weighted by Crippen LogP contribution is -2.28. The molecule has 0 aromatic heterocycles. The standard InChI is InChI=1S/C14H20N4/c1-12(13-6-3-2-4-7-13)18-10-5-8-14(9-11-18)16-17-15/h2-4,6-7,12,14H,5,8-11H2,1H3/t12-,14-/m1/s1. The zero-order valence-corrected chi connectivity index (χ0v) is 10.9. The molecule has 1 aliphatic rings. The highest BCUT2D eigenvalue weighted by atomic mass is 15.2. The summed E-state index contributed by atoms with van der Waals surface area (Å²) in [5, 5.41) is 3.86. The third-order valence-corrected chi connectivity index (χ3v) is 3.78. The summed E-state index contributed by atoms with van der Waals surface area (Å²) in [6.45, 7) is 4.36. The molecule has 0 radical (unpaired) electrons. The Kier molecular flexibility index (Phi) is 4.62. The summed E-state index contributed by atoms with van der Waals surface area (Å²) < 4.78 is 0.